The third-order valence-corrected chi connectivity index (χ3v) is 4.85. The summed E-state index contributed by atoms with van der Waals surface area (Å²) in [6, 6.07) is 9.75. The van der Waals surface area contributed by atoms with Crippen LogP contribution < -0.4 is 5.32 Å². The molecule has 0 fully saturated rings. The minimum absolute atomic E-state index is 0.672. The highest BCUT2D eigenvalue weighted by Crippen LogP contribution is 2.34. The molecule has 0 amide bonds. The molecule has 0 radical (unpaired) electrons. The van der Waals surface area contributed by atoms with Crippen LogP contribution in [0.15, 0.2) is 24.3 Å². The number of fused-ring (bicyclic) bond motifs is 1. The summed E-state index contributed by atoms with van der Waals surface area (Å²) in [7, 11) is 0. The first-order valence-corrected chi connectivity index (χ1v) is 9.04. The Balaban J connectivity index is 2.01. The van der Waals surface area contributed by atoms with Crippen LogP contribution in [0.4, 0.5) is 0 Å². The highest BCUT2D eigenvalue weighted by Gasteiger charge is 2.22. The van der Waals surface area contributed by atoms with E-state index in [1.165, 1.54) is 37.9 Å². The maximum Gasteiger partial charge on any atom is 0.0163 e. The normalized spacial score (nSPS) is 20.0. The second-order valence-electron chi connectivity index (χ2n) is 5.63. The molecule has 19 heavy (non-hydrogen) atoms. The van der Waals surface area contributed by atoms with E-state index in [0.29, 0.717) is 6.04 Å². The minimum Gasteiger partial charge on any atom is -0.313 e. The summed E-state index contributed by atoms with van der Waals surface area (Å²) < 4.78 is 0. The van der Waals surface area contributed by atoms with Gasteiger partial charge in [0.2, 0.25) is 0 Å². The molecule has 1 nitrogen and oxygen atoms in total. The van der Waals surface area contributed by atoms with E-state index in [-0.39, 0.29) is 0 Å². The van der Waals surface area contributed by atoms with Gasteiger partial charge in [-0.15, -0.1) is 0 Å². The van der Waals surface area contributed by atoms with Gasteiger partial charge in [0.25, 0.3) is 0 Å². The summed E-state index contributed by atoms with van der Waals surface area (Å²) in [4.78, 5) is 0. The topological polar surface area (TPSA) is 12.0 Å². The van der Waals surface area contributed by atoms with Crippen molar-refractivity contribution in [3.05, 3.63) is 35.4 Å². The Kier molecular flexibility index (Phi) is 6.25. The second kappa shape index (κ2) is 7.96. The Labute approximate surface area is 122 Å². The van der Waals surface area contributed by atoms with Crippen LogP contribution in [0.3, 0.4) is 0 Å². The standard InChI is InChI=1S/C17H27NS/c1-3-11-18-16(13-19-2)12-15-9-6-8-14-7-4-5-10-17(14)15/h4-5,7,10,15-16,18H,3,6,8-9,11-13H2,1-2H3. The van der Waals surface area contributed by atoms with Gasteiger partial charge in [0.1, 0.15) is 0 Å². The lowest BCUT2D eigenvalue weighted by atomic mass is 9.80. The van der Waals surface area contributed by atoms with E-state index in [0.717, 1.165) is 12.5 Å². The first kappa shape index (κ1) is 14.9. The summed E-state index contributed by atoms with van der Waals surface area (Å²) >= 11 is 1.97. The molecule has 0 saturated heterocycles. The van der Waals surface area contributed by atoms with Gasteiger partial charge in [0, 0.05) is 11.8 Å². The molecule has 0 spiro atoms. The third kappa shape index (κ3) is 4.25. The van der Waals surface area contributed by atoms with Gasteiger partial charge in [0.15, 0.2) is 0 Å². The van der Waals surface area contributed by atoms with E-state index in [2.05, 4.69) is 42.8 Å². The molecule has 1 N–H and O–H groups in total. The summed E-state index contributed by atoms with van der Waals surface area (Å²) in [5.74, 6) is 2.00. The fourth-order valence-electron chi connectivity index (χ4n) is 3.20. The number of rotatable bonds is 7. The highest BCUT2D eigenvalue weighted by molar-refractivity contribution is 7.98. The molecule has 0 heterocycles. The van der Waals surface area contributed by atoms with Crippen LogP contribution in [0, 0.1) is 0 Å². The molecule has 1 aliphatic rings. The van der Waals surface area contributed by atoms with Gasteiger partial charge >= 0.3 is 0 Å². The molecule has 1 aromatic carbocycles. The van der Waals surface area contributed by atoms with Gasteiger partial charge in [-0.25, -0.2) is 0 Å². The molecular weight excluding hydrogens is 250 g/mol. The van der Waals surface area contributed by atoms with Gasteiger partial charge in [-0.1, -0.05) is 31.2 Å². The van der Waals surface area contributed by atoms with E-state index < -0.39 is 0 Å². The average molecular weight is 277 g/mol. The number of nitrogens with one attached hydrogen (secondary N) is 1. The van der Waals surface area contributed by atoms with Crippen LogP contribution in [0.25, 0.3) is 0 Å². The molecule has 2 heteroatoms. The highest BCUT2D eigenvalue weighted by atomic mass is 32.2. The van der Waals surface area contributed by atoms with Crippen LogP contribution in [0.5, 0.6) is 0 Å². The van der Waals surface area contributed by atoms with Gasteiger partial charge in [-0.3, -0.25) is 0 Å². The lowest BCUT2D eigenvalue weighted by Gasteiger charge is -2.29. The maximum atomic E-state index is 3.73. The Morgan fingerprint density at radius 1 is 1.37 bits per heavy atom. The zero-order valence-electron chi connectivity index (χ0n) is 12.3. The predicted octanol–water partition coefficient (Wildman–Crippen LogP) is 4.23. The van der Waals surface area contributed by atoms with Crippen molar-refractivity contribution in [2.75, 3.05) is 18.6 Å². The average Bonchev–Trinajstić information content (AvgIpc) is 2.45. The van der Waals surface area contributed by atoms with E-state index in [4.69, 9.17) is 0 Å². The molecular formula is C17H27NS. The van der Waals surface area contributed by atoms with Crippen LogP contribution in [-0.4, -0.2) is 24.6 Å². The maximum absolute atomic E-state index is 3.73. The number of benzene rings is 1. The quantitative estimate of drug-likeness (QED) is 0.800. The van der Waals surface area contributed by atoms with Gasteiger partial charge in [0.05, 0.1) is 0 Å². The fraction of sp³-hybridized carbons (Fsp3) is 0.647. The molecule has 1 aromatic rings. The van der Waals surface area contributed by atoms with Gasteiger partial charge < -0.3 is 5.32 Å². The van der Waals surface area contributed by atoms with Crippen molar-refractivity contribution in [2.24, 2.45) is 0 Å². The van der Waals surface area contributed by atoms with Gasteiger partial charge in [-0.2, -0.15) is 11.8 Å². The van der Waals surface area contributed by atoms with Crippen molar-refractivity contribution in [3.63, 3.8) is 0 Å². The molecule has 106 valence electrons. The van der Waals surface area contributed by atoms with Crippen molar-refractivity contribution in [2.45, 2.75) is 51.0 Å². The number of aryl methyl sites for hydroxylation is 1. The van der Waals surface area contributed by atoms with Crippen molar-refractivity contribution in [1.82, 2.24) is 5.32 Å². The van der Waals surface area contributed by atoms with Crippen LogP contribution in [0.2, 0.25) is 0 Å². The Morgan fingerprint density at radius 3 is 3.00 bits per heavy atom. The summed E-state index contributed by atoms with van der Waals surface area (Å²) in [6.45, 7) is 3.40. The minimum atomic E-state index is 0.672. The van der Waals surface area contributed by atoms with E-state index >= 15 is 0 Å². The van der Waals surface area contributed by atoms with E-state index in [1.54, 1.807) is 11.1 Å². The molecule has 1 aliphatic carbocycles. The molecule has 0 aromatic heterocycles. The SMILES string of the molecule is CCCNC(CSC)CC1CCCc2ccccc21. The van der Waals surface area contributed by atoms with Crippen molar-refractivity contribution in [1.29, 1.82) is 0 Å². The summed E-state index contributed by atoms with van der Waals surface area (Å²) in [6.07, 6.45) is 8.76. The lowest BCUT2D eigenvalue weighted by molar-refractivity contribution is 0.434. The van der Waals surface area contributed by atoms with E-state index in [1.807, 2.05) is 11.8 Å². The number of thioether (sulfide) groups is 1. The molecule has 2 atom stereocenters. The van der Waals surface area contributed by atoms with Crippen molar-refractivity contribution < 1.29 is 0 Å². The smallest absolute Gasteiger partial charge is 0.0163 e. The molecule has 0 saturated carbocycles. The first-order valence-electron chi connectivity index (χ1n) is 7.65. The number of hydrogen-bond acceptors (Lipinski definition) is 2. The Bertz CT molecular complexity index is 377. The first-order chi connectivity index (χ1) is 9.35. The third-order valence-electron chi connectivity index (χ3n) is 4.11. The Morgan fingerprint density at radius 2 is 2.21 bits per heavy atom. The Hall–Kier alpha value is -0.470. The predicted molar refractivity (Wildman–Crippen MR) is 87.2 cm³/mol. The number of hydrogen-bond donors (Lipinski definition) is 1. The van der Waals surface area contributed by atoms with Gasteiger partial charge in [-0.05, 0) is 61.9 Å². The molecule has 0 bridgehead atoms. The second-order valence-corrected chi connectivity index (χ2v) is 6.54. The van der Waals surface area contributed by atoms with Crippen molar-refractivity contribution >= 4 is 11.8 Å². The zero-order valence-corrected chi connectivity index (χ0v) is 13.1. The van der Waals surface area contributed by atoms with E-state index in [9.17, 15) is 0 Å². The summed E-state index contributed by atoms with van der Waals surface area (Å²) in [5, 5.41) is 3.73. The van der Waals surface area contributed by atoms with Crippen molar-refractivity contribution in [3.8, 4) is 0 Å². The fourth-order valence-corrected chi connectivity index (χ4v) is 3.86. The molecule has 2 rings (SSSR count). The van der Waals surface area contributed by atoms with Crippen LogP contribution in [0.1, 0.15) is 49.7 Å². The molecule has 0 aliphatic heterocycles. The van der Waals surface area contributed by atoms with Crippen LogP contribution in [-0.2, 0) is 6.42 Å². The largest absolute Gasteiger partial charge is 0.313 e. The lowest BCUT2D eigenvalue weighted by Crippen LogP contribution is -2.34. The van der Waals surface area contributed by atoms with Crippen LogP contribution >= 0.6 is 11.8 Å². The zero-order chi connectivity index (χ0) is 13.5. The summed E-state index contributed by atoms with van der Waals surface area (Å²) in [5.41, 5.74) is 3.22. The molecule has 2 unspecified atom stereocenters. The monoisotopic (exact) mass is 277 g/mol.